The molecule has 4 heteroatoms. The minimum absolute atomic E-state index is 0.125. The molecule has 0 spiro atoms. The maximum atomic E-state index is 12.1. The molecule has 0 radical (unpaired) electrons. The molecule has 0 aromatic heterocycles. The van der Waals surface area contributed by atoms with Crippen molar-refractivity contribution in [3.63, 3.8) is 0 Å². The normalized spacial score (nSPS) is 10.2. The lowest BCUT2D eigenvalue weighted by Crippen LogP contribution is -2.13. The Balaban J connectivity index is 2.13. The Morgan fingerprint density at radius 2 is 1.75 bits per heavy atom. The van der Waals surface area contributed by atoms with Gasteiger partial charge in [0.15, 0.2) is 0 Å². The Labute approximate surface area is 119 Å². The predicted molar refractivity (Wildman–Crippen MR) is 84.3 cm³/mol. The fraction of sp³-hybridized carbons (Fsp3) is 0.188. The molecule has 0 aliphatic heterocycles. The summed E-state index contributed by atoms with van der Waals surface area (Å²) in [6.07, 6.45) is 0. The number of aryl methyl sites for hydroxylation is 1. The van der Waals surface area contributed by atoms with Gasteiger partial charge in [0, 0.05) is 36.7 Å². The zero-order chi connectivity index (χ0) is 14.7. The maximum absolute atomic E-state index is 12.1. The first kappa shape index (κ1) is 13.9. The summed E-state index contributed by atoms with van der Waals surface area (Å²) in [4.78, 5) is 14.1. The van der Waals surface area contributed by atoms with Crippen molar-refractivity contribution < 1.29 is 4.79 Å². The van der Waals surface area contributed by atoms with Crippen molar-refractivity contribution in [1.82, 2.24) is 0 Å². The van der Waals surface area contributed by atoms with Crippen molar-refractivity contribution in [2.24, 2.45) is 0 Å². The van der Waals surface area contributed by atoms with Crippen LogP contribution in [-0.4, -0.2) is 20.0 Å². The molecule has 0 unspecified atom stereocenters. The quantitative estimate of drug-likeness (QED) is 0.842. The summed E-state index contributed by atoms with van der Waals surface area (Å²) >= 11 is 0. The molecule has 0 aliphatic carbocycles. The van der Waals surface area contributed by atoms with Gasteiger partial charge in [-0.25, -0.2) is 0 Å². The van der Waals surface area contributed by atoms with E-state index in [0.29, 0.717) is 5.56 Å². The van der Waals surface area contributed by atoms with Crippen molar-refractivity contribution in [2.45, 2.75) is 6.92 Å². The Kier molecular flexibility index (Phi) is 3.94. The fourth-order valence-electron chi connectivity index (χ4n) is 1.87. The van der Waals surface area contributed by atoms with Gasteiger partial charge in [0.05, 0.1) is 0 Å². The van der Waals surface area contributed by atoms with E-state index in [-0.39, 0.29) is 5.91 Å². The van der Waals surface area contributed by atoms with Crippen LogP contribution in [0.1, 0.15) is 15.9 Å². The van der Waals surface area contributed by atoms with E-state index < -0.39 is 0 Å². The van der Waals surface area contributed by atoms with E-state index in [1.807, 2.05) is 56.3 Å². The largest absolute Gasteiger partial charge is 0.399 e. The molecular weight excluding hydrogens is 250 g/mol. The highest BCUT2D eigenvalue weighted by Gasteiger charge is 2.07. The summed E-state index contributed by atoms with van der Waals surface area (Å²) in [5.74, 6) is -0.125. The van der Waals surface area contributed by atoms with Gasteiger partial charge in [0.1, 0.15) is 0 Å². The topological polar surface area (TPSA) is 58.4 Å². The summed E-state index contributed by atoms with van der Waals surface area (Å²) in [6.45, 7) is 1.91. The number of nitrogens with zero attached hydrogens (tertiary/aromatic N) is 1. The SMILES string of the molecule is Cc1cc(NC(=O)c2ccc(N(C)C)cc2)ccc1N. The monoisotopic (exact) mass is 269 g/mol. The highest BCUT2D eigenvalue weighted by Crippen LogP contribution is 2.18. The lowest BCUT2D eigenvalue weighted by molar-refractivity contribution is 0.102. The lowest BCUT2D eigenvalue weighted by atomic mass is 10.1. The smallest absolute Gasteiger partial charge is 0.255 e. The van der Waals surface area contributed by atoms with Crippen molar-refractivity contribution >= 4 is 23.0 Å². The van der Waals surface area contributed by atoms with Crippen LogP contribution in [-0.2, 0) is 0 Å². The van der Waals surface area contributed by atoms with Crippen molar-refractivity contribution in [3.05, 3.63) is 53.6 Å². The van der Waals surface area contributed by atoms with E-state index in [1.165, 1.54) is 0 Å². The summed E-state index contributed by atoms with van der Waals surface area (Å²) in [5, 5.41) is 2.87. The zero-order valence-corrected chi connectivity index (χ0v) is 12.0. The van der Waals surface area contributed by atoms with E-state index in [4.69, 9.17) is 5.73 Å². The number of hydrogen-bond acceptors (Lipinski definition) is 3. The van der Waals surface area contributed by atoms with Crippen molar-refractivity contribution in [2.75, 3.05) is 30.0 Å². The van der Waals surface area contributed by atoms with Gasteiger partial charge in [-0.1, -0.05) is 0 Å². The predicted octanol–water partition coefficient (Wildman–Crippen LogP) is 2.90. The van der Waals surface area contributed by atoms with Gasteiger partial charge < -0.3 is 16.0 Å². The average Bonchev–Trinajstić information content (AvgIpc) is 2.43. The van der Waals surface area contributed by atoms with Gasteiger partial charge in [-0.15, -0.1) is 0 Å². The van der Waals surface area contributed by atoms with Gasteiger partial charge in [0.25, 0.3) is 5.91 Å². The fourth-order valence-corrected chi connectivity index (χ4v) is 1.87. The molecule has 3 N–H and O–H groups in total. The second-order valence-corrected chi connectivity index (χ2v) is 4.97. The number of nitrogen functional groups attached to an aromatic ring is 1. The molecule has 0 saturated carbocycles. The third-order valence-electron chi connectivity index (χ3n) is 3.17. The van der Waals surface area contributed by atoms with Crippen LogP contribution >= 0.6 is 0 Å². The number of rotatable bonds is 3. The highest BCUT2D eigenvalue weighted by molar-refractivity contribution is 6.04. The van der Waals surface area contributed by atoms with Gasteiger partial charge in [-0.05, 0) is 55.0 Å². The first-order chi connectivity index (χ1) is 9.47. The molecular formula is C16H19N3O. The molecule has 0 atom stereocenters. The molecule has 4 nitrogen and oxygen atoms in total. The minimum atomic E-state index is -0.125. The number of nitrogens with one attached hydrogen (secondary N) is 1. The van der Waals surface area contributed by atoms with Gasteiger partial charge >= 0.3 is 0 Å². The second-order valence-electron chi connectivity index (χ2n) is 4.97. The Bertz CT molecular complexity index is 618. The maximum Gasteiger partial charge on any atom is 0.255 e. The molecule has 104 valence electrons. The van der Waals surface area contributed by atoms with Crippen LogP contribution in [0.3, 0.4) is 0 Å². The third kappa shape index (κ3) is 3.09. The van der Waals surface area contributed by atoms with Crippen LogP contribution < -0.4 is 16.0 Å². The lowest BCUT2D eigenvalue weighted by Gasteiger charge is -2.13. The first-order valence-electron chi connectivity index (χ1n) is 6.42. The summed E-state index contributed by atoms with van der Waals surface area (Å²) in [7, 11) is 3.93. The van der Waals surface area contributed by atoms with Gasteiger partial charge in [0.2, 0.25) is 0 Å². The molecule has 2 aromatic rings. The summed E-state index contributed by atoms with van der Waals surface area (Å²) in [6, 6.07) is 12.9. The van der Waals surface area contributed by atoms with Crippen LogP contribution in [0.25, 0.3) is 0 Å². The van der Waals surface area contributed by atoms with Crippen LogP contribution in [0.15, 0.2) is 42.5 Å². The molecule has 0 saturated heterocycles. The third-order valence-corrected chi connectivity index (χ3v) is 3.17. The Morgan fingerprint density at radius 1 is 1.10 bits per heavy atom. The molecule has 20 heavy (non-hydrogen) atoms. The molecule has 2 rings (SSSR count). The van der Waals surface area contributed by atoms with E-state index in [1.54, 1.807) is 12.1 Å². The highest BCUT2D eigenvalue weighted by atomic mass is 16.1. The van der Waals surface area contributed by atoms with Crippen LogP contribution in [0.4, 0.5) is 17.1 Å². The number of nitrogens with two attached hydrogens (primary N) is 1. The standard InChI is InChI=1S/C16H19N3O/c1-11-10-13(6-9-15(11)17)18-16(20)12-4-7-14(8-5-12)19(2)3/h4-10H,17H2,1-3H3,(H,18,20). The summed E-state index contributed by atoms with van der Waals surface area (Å²) < 4.78 is 0. The summed E-state index contributed by atoms with van der Waals surface area (Å²) in [5.41, 5.74) is 9.87. The molecule has 1 amide bonds. The average molecular weight is 269 g/mol. The van der Waals surface area contributed by atoms with E-state index in [0.717, 1.165) is 22.6 Å². The van der Waals surface area contributed by atoms with Crippen LogP contribution in [0.5, 0.6) is 0 Å². The van der Waals surface area contributed by atoms with Crippen molar-refractivity contribution in [1.29, 1.82) is 0 Å². The molecule has 0 aliphatic rings. The number of benzene rings is 2. The molecule has 0 bridgehead atoms. The Morgan fingerprint density at radius 3 is 2.30 bits per heavy atom. The van der Waals surface area contributed by atoms with Crippen LogP contribution in [0.2, 0.25) is 0 Å². The first-order valence-corrected chi connectivity index (χ1v) is 6.42. The minimum Gasteiger partial charge on any atom is -0.399 e. The number of anilines is 3. The zero-order valence-electron chi connectivity index (χ0n) is 12.0. The van der Waals surface area contributed by atoms with Crippen molar-refractivity contribution in [3.8, 4) is 0 Å². The number of carbonyl (C=O) groups is 1. The van der Waals surface area contributed by atoms with Gasteiger partial charge in [-0.2, -0.15) is 0 Å². The number of amides is 1. The Hall–Kier alpha value is -2.49. The van der Waals surface area contributed by atoms with Gasteiger partial charge in [-0.3, -0.25) is 4.79 Å². The van der Waals surface area contributed by atoms with E-state index in [2.05, 4.69) is 5.32 Å². The molecule has 0 heterocycles. The number of hydrogen-bond donors (Lipinski definition) is 2. The molecule has 2 aromatic carbocycles. The second kappa shape index (κ2) is 5.65. The molecule has 0 fully saturated rings. The van der Waals surface area contributed by atoms with E-state index in [9.17, 15) is 4.79 Å². The van der Waals surface area contributed by atoms with E-state index >= 15 is 0 Å². The number of carbonyl (C=O) groups excluding carboxylic acids is 1. The van der Waals surface area contributed by atoms with Crippen LogP contribution in [0, 0.1) is 6.92 Å².